The number of aliphatic hydroxyl groups is 1. The molecule has 0 radical (unpaired) electrons. The average Bonchev–Trinajstić information content (AvgIpc) is 2.80. The zero-order valence-corrected chi connectivity index (χ0v) is 10.8. The van der Waals surface area contributed by atoms with Crippen molar-refractivity contribution >= 4 is 28.6 Å². The van der Waals surface area contributed by atoms with Gasteiger partial charge in [-0.05, 0) is 0 Å². The topological polar surface area (TPSA) is 115 Å². The summed E-state index contributed by atoms with van der Waals surface area (Å²) in [5.41, 5.74) is 7.72. The van der Waals surface area contributed by atoms with Crippen molar-refractivity contribution in [2.75, 3.05) is 24.4 Å². The second-order valence-corrected chi connectivity index (χ2v) is 4.87. The Bertz CT molecular complexity index is 725. The minimum absolute atomic E-state index is 0.257. The van der Waals surface area contributed by atoms with Gasteiger partial charge in [0.15, 0.2) is 23.2 Å². The molecule has 104 valence electrons. The average molecular weight is 275 g/mol. The Balaban J connectivity index is 1.95. The maximum atomic E-state index is 9.70. The van der Waals surface area contributed by atoms with Crippen molar-refractivity contribution in [3.8, 4) is 0 Å². The molecule has 4 heterocycles. The van der Waals surface area contributed by atoms with Crippen LogP contribution in [0.4, 0.5) is 11.8 Å². The van der Waals surface area contributed by atoms with E-state index in [9.17, 15) is 5.11 Å². The third kappa shape index (κ3) is 1.44. The largest absolute Gasteiger partial charge is 0.390 e. The van der Waals surface area contributed by atoms with Gasteiger partial charge in [0, 0.05) is 13.5 Å². The summed E-state index contributed by atoms with van der Waals surface area (Å²) in [6.07, 6.45) is 0.933. The minimum atomic E-state index is -0.533. The van der Waals surface area contributed by atoms with Gasteiger partial charge >= 0.3 is 0 Å². The smallest absolute Gasteiger partial charge is 0.231 e. The third-order valence-corrected chi connectivity index (χ3v) is 3.47. The SMILES string of the molecule is CN1N=C2CC(O)COC2n2c1nc1c(N)ncnc12. The number of nitrogen functional groups attached to an aromatic ring is 1. The van der Waals surface area contributed by atoms with E-state index in [1.54, 1.807) is 12.1 Å². The van der Waals surface area contributed by atoms with Crippen LogP contribution >= 0.6 is 0 Å². The molecule has 1 fully saturated rings. The summed E-state index contributed by atoms with van der Waals surface area (Å²) in [7, 11) is 1.78. The molecule has 2 unspecified atom stereocenters. The number of aromatic nitrogens is 4. The van der Waals surface area contributed by atoms with E-state index in [0.717, 1.165) is 5.71 Å². The molecule has 0 saturated carbocycles. The molecule has 2 aliphatic rings. The highest BCUT2D eigenvalue weighted by Gasteiger charge is 2.36. The van der Waals surface area contributed by atoms with Gasteiger partial charge in [0.2, 0.25) is 5.95 Å². The first-order valence-electron chi connectivity index (χ1n) is 6.24. The molecule has 9 nitrogen and oxygen atoms in total. The molecule has 0 amide bonds. The van der Waals surface area contributed by atoms with Gasteiger partial charge in [0.25, 0.3) is 0 Å². The molecule has 0 aromatic carbocycles. The van der Waals surface area contributed by atoms with Crippen molar-refractivity contribution < 1.29 is 9.84 Å². The molecule has 3 N–H and O–H groups in total. The minimum Gasteiger partial charge on any atom is -0.390 e. The van der Waals surface area contributed by atoms with Crippen LogP contribution < -0.4 is 10.7 Å². The molecule has 0 spiro atoms. The molecule has 2 aliphatic heterocycles. The second-order valence-electron chi connectivity index (χ2n) is 4.87. The van der Waals surface area contributed by atoms with E-state index < -0.39 is 12.3 Å². The van der Waals surface area contributed by atoms with E-state index in [2.05, 4.69) is 20.1 Å². The van der Waals surface area contributed by atoms with Gasteiger partial charge in [-0.3, -0.25) is 4.57 Å². The first-order valence-corrected chi connectivity index (χ1v) is 6.24. The standard InChI is InChI=1S/C11H13N7O2/c1-17-11-15-7-8(12)13-4-14-9(7)18(11)10-6(16-17)2-5(19)3-20-10/h4-5,10,19H,2-3H2,1H3,(H2,12,13,14). The van der Waals surface area contributed by atoms with Gasteiger partial charge in [-0.2, -0.15) is 5.10 Å². The Morgan fingerprint density at radius 3 is 3.15 bits per heavy atom. The van der Waals surface area contributed by atoms with Gasteiger partial charge in [-0.25, -0.2) is 20.0 Å². The number of nitrogens with two attached hydrogens (primary N) is 1. The first-order chi connectivity index (χ1) is 9.65. The lowest BCUT2D eigenvalue weighted by molar-refractivity contribution is -0.0285. The van der Waals surface area contributed by atoms with Crippen LogP contribution in [0, 0.1) is 0 Å². The predicted octanol–water partition coefficient (Wildman–Crippen LogP) is -0.506. The van der Waals surface area contributed by atoms with Crippen LogP contribution in [0.1, 0.15) is 12.6 Å². The summed E-state index contributed by atoms with van der Waals surface area (Å²) in [5.74, 6) is 0.917. The monoisotopic (exact) mass is 275 g/mol. The molecule has 4 rings (SSSR count). The van der Waals surface area contributed by atoms with Crippen molar-refractivity contribution in [2.24, 2.45) is 5.10 Å². The highest BCUT2D eigenvalue weighted by molar-refractivity contribution is 5.94. The van der Waals surface area contributed by atoms with Crippen LogP contribution in [0.3, 0.4) is 0 Å². The summed E-state index contributed by atoms with van der Waals surface area (Å²) in [4.78, 5) is 12.6. The van der Waals surface area contributed by atoms with Gasteiger partial charge in [0.1, 0.15) is 6.33 Å². The fraction of sp³-hybridized carbons (Fsp3) is 0.455. The highest BCUT2D eigenvalue weighted by Crippen LogP contribution is 2.34. The summed E-state index contributed by atoms with van der Waals surface area (Å²) in [6.45, 7) is 0.257. The lowest BCUT2D eigenvalue weighted by atomic mass is 10.1. The summed E-state index contributed by atoms with van der Waals surface area (Å²) in [5, 5.41) is 15.7. The number of ether oxygens (including phenoxy) is 1. The van der Waals surface area contributed by atoms with E-state index in [0.29, 0.717) is 29.4 Å². The van der Waals surface area contributed by atoms with Crippen molar-refractivity contribution in [2.45, 2.75) is 18.8 Å². The van der Waals surface area contributed by atoms with Gasteiger partial charge in [-0.1, -0.05) is 0 Å². The number of fused-ring (bicyclic) bond motifs is 5. The summed E-state index contributed by atoms with van der Waals surface area (Å²) < 4.78 is 7.52. The Labute approximate surface area is 113 Å². The fourth-order valence-corrected chi connectivity index (χ4v) is 2.61. The van der Waals surface area contributed by atoms with E-state index in [1.807, 2.05) is 4.57 Å². The number of anilines is 2. The number of hydrogen-bond acceptors (Lipinski definition) is 8. The van der Waals surface area contributed by atoms with Crippen LogP contribution in [0.2, 0.25) is 0 Å². The van der Waals surface area contributed by atoms with Crippen molar-refractivity contribution in [3.63, 3.8) is 0 Å². The van der Waals surface area contributed by atoms with E-state index >= 15 is 0 Å². The molecule has 2 atom stereocenters. The third-order valence-electron chi connectivity index (χ3n) is 3.47. The van der Waals surface area contributed by atoms with E-state index in [1.165, 1.54) is 6.33 Å². The number of hydrogen-bond donors (Lipinski definition) is 2. The molecule has 0 bridgehead atoms. The van der Waals surface area contributed by atoms with Gasteiger partial charge in [0.05, 0.1) is 18.4 Å². The zero-order valence-electron chi connectivity index (χ0n) is 10.8. The molecule has 1 saturated heterocycles. The fourth-order valence-electron chi connectivity index (χ4n) is 2.61. The Kier molecular flexibility index (Phi) is 2.24. The number of rotatable bonds is 0. The molecule has 2 aromatic heterocycles. The zero-order chi connectivity index (χ0) is 13.9. The Morgan fingerprint density at radius 2 is 2.30 bits per heavy atom. The van der Waals surface area contributed by atoms with E-state index in [4.69, 9.17) is 10.5 Å². The first kappa shape index (κ1) is 11.6. The van der Waals surface area contributed by atoms with Crippen LogP contribution in [-0.4, -0.2) is 50.1 Å². The number of imidazole rings is 1. The number of hydrazone groups is 1. The van der Waals surface area contributed by atoms with Crippen LogP contribution in [0.5, 0.6) is 0 Å². The predicted molar refractivity (Wildman–Crippen MR) is 71.2 cm³/mol. The lowest BCUT2D eigenvalue weighted by Crippen LogP contribution is -2.40. The number of aliphatic hydroxyl groups excluding tert-OH is 1. The van der Waals surface area contributed by atoms with Crippen LogP contribution in [-0.2, 0) is 4.74 Å². The van der Waals surface area contributed by atoms with Gasteiger partial charge < -0.3 is 15.6 Å². The maximum absolute atomic E-state index is 9.70. The van der Waals surface area contributed by atoms with Crippen LogP contribution in [0.25, 0.3) is 11.2 Å². The van der Waals surface area contributed by atoms with E-state index in [-0.39, 0.29) is 6.61 Å². The van der Waals surface area contributed by atoms with Crippen molar-refractivity contribution in [1.29, 1.82) is 0 Å². The quantitative estimate of drug-likeness (QED) is 0.665. The molecular formula is C11H13N7O2. The molecule has 0 aliphatic carbocycles. The molecular weight excluding hydrogens is 262 g/mol. The Morgan fingerprint density at radius 1 is 1.45 bits per heavy atom. The van der Waals surface area contributed by atoms with Crippen LogP contribution in [0.15, 0.2) is 11.4 Å². The summed E-state index contributed by atoms with van der Waals surface area (Å²) in [6, 6.07) is 0. The van der Waals surface area contributed by atoms with Gasteiger partial charge in [-0.15, -0.1) is 0 Å². The highest BCUT2D eigenvalue weighted by atomic mass is 16.5. The normalized spacial score (nSPS) is 25.3. The number of nitrogens with zero attached hydrogens (tertiary/aromatic N) is 6. The van der Waals surface area contributed by atoms with Crippen molar-refractivity contribution in [3.05, 3.63) is 6.33 Å². The lowest BCUT2D eigenvalue weighted by Gasteiger charge is -2.34. The molecule has 20 heavy (non-hydrogen) atoms. The molecule has 2 aromatic rings. The Hall–Kier alpha value is -2.26. The van der Waals surface area contributed by atoms with Crippen molar-refractivity contribution in [1.82, 2.24) is 19.5 Å². The second kappa shape index (κ2) is 3.87. The summed E-state index contributed by atoms with van der Waals surface area (Å²) >= 11 is 0. The maximum Gasteiger partial charge on any atom is 0.231 e. The molecule has 9 heteroatoms.